The first kappa shape index (κ1) is 20.9. The Kier molecular flexibility index (Phi) is 6.21. The molecule has 11 heteroatoms. The van der Waals surface area contributed by atoms with Gasteiger partial charge in [0.1, 0.15) is 5.82 Å². The number of hydrogen-bond donors (Lipinski definition) is 0. The maximum absolute atomic E-state index is 14.0. The molecule has 1 aliphatic heterocycles. The van der Waals surface area contributed by atoms with Gasteiger partial charge in [-0.1, -0.05) is 29.3 Å². The number of halogens is 3. The van der Waals surface area contributed by atoms with E-state index in [0.717, 1.165) is 12.1 Å². The molecule has 0 unspecified atom stereocenters. The Balaban J connectivity index is 1.75. The zero-order valence-electron chi connectivity index (χ0n) is 14.5. The van der Waals surface area contributed by atoms with Gasteiger partial charge in [0.25, 0.3) is 5.69 Å². The van der Waals surface area contributed by atoms with Crippen molar-refractivity contribution >= 4 is 38.9 Å². The Labute approximate surface area is 171 Å². The summed E-state index contributed by atoms with van der Waals surface area (Å²) in [5.41, 5.74) is -0.207. The molecule has 0 atom stereocenters. The van der Waals surface area contributed by atoms with Gasteiger partial charge >= 0.3 is 0 Å². The molecule has 0 radical (unpaired) electrons. The number of nitrogens with zero attached hydrogens (tertiary/aromatic N) is 3. The normalized spacial score (nSPS) is 16.2. The van der Waals surface area contributed by atoms with E-state index in [1.807, 2.05) is 4.90 Å². The average molecular weight is 448 g/mol. The molecule has 28 heavy (non-hydrogen) atoms. The fourth-order valence-corrected chi connectivity index (χ4v) is 4.97. The molecule has 1 fully saturated rings. The lowest BCUT2D eigenvalue weighted by Gasteiger charge is -2.34. The van der Waals surface area contributed by atoms with Crippen LogP contribution in [0.25, 0.3) is 0 Å². The Morgan fingerprint density at radius 3 is 2.39 bits per heavy atom. The molecule has 0 aliphatic carbocycles. The monoisotopic (exact) mass is 447 g/mol. The second-order valence-corrected chi connectivity index (χ2v) is 9.00. The minimum absolute atomic E-state index is 0.0808. The molecule has 1 heterocycles. The highest BCUT2D eigenvalue weighted by molar-refractivity contribution is 7.89. The molecule has 3 rings (SSSR count). The van der Waals surface area contributed by atoms with Gasteiger partial charge in [0.2, 0.25) is 10.0 Å². The standard InChI is InChI=1S/C17H16Cl2FN3O4S/c18-12-4-5-17(16(10-12)23(24)25)28(26,27)22-8-6-21(7-9-22)11-13-14(19)2-1-3-15(13)20/h1-5,10H,6-9,11H2. The maximum Gasteiger partial charge on any atom is 0.290 e. The number of rotatable bonds is 5. The molecule has 0 aromatic heterocycles. The summed E-state index contributed by atoms with van der Waals surface area (Å²) < 4.78 is 40.9. The van der Waals surface area contributed by atoms with Crippen LogP contribution in [0.5, 0.6) is 0 Å². The Morgan fingerprint density at radius 1 is 1.11 bits per heavy atom. The molecule has 0 spiro atoms. The lowest BCUT2D eigenvalue weighted by Crippen LogP contribution is -2.48. The van der Waals surface area contributed by atoms with Crippen LogP contribution in [0.1, 0.15) is 5.56 Å². The quantitative estimate of drug-likeness (QED) is 0.516. The van der Waals surface area contributed by atoms with Crippen molar-refractivity contribution in [3.8, 4) is 0 Å². The molecule has 0 bridgehead atoms. The first-order valence-corrected chi connectivity index (χ1v) is 10.5. The van der Waals surface area contributed by atoms with E-state index >= 15 is 0 Å². The summed E-state index contributed by atoms with van der Waals surface area (Å²) >= 11 is 11.8. The topological polar surface area (TPSA) is 83.8 Å². The average Bonchev–Trinajstić information content (AvgIpc) is 2.65. The van der Waals surface area contributed by atoms with E-state index in [-0.39, 0.29) is 24.7 Å². The molecule has 2 aromatic rings. The second-order valence-electron chi connectivity index (χ2n) is 6.25. The van der Waals surface area contributed by atoms with Gasteiger partial charge in [-0.15, -0.1) is 0 Å². The van der Waals surface area contributed by atoms with Gasteiger partial charge in [-0.25, -0.2) is 12.8 Å². The summed E-state index contributed by atoms with van der Waals surface area (Å²) in [7, 11) is -4.06. The predicted octanol–water partition coefficient (Wildman–Crippen LogP) is 3.55. The number of benzene rings is 2. The lowest BCUT2D eigenvalue weighted by molar-refractivity contribution is -0.387. The van der Waals surface area contributed by atoms with Crippen LogP contribution in [0.2, 0.25) is 10.0 Å². The van der Waals surface area contributed by atoms with Crippen LogP contribution in [-0.4, -0.2) is 48.7 Å². The SMILES string of the molecule is O=[N+]([O-])c1cc(Cl)ccc1S(=O)(=O)N1CCN(Cc2c(F)cccc2Cl)CC1. The van der Waals surface area contributed by atoms with Crippen LogP contribution >= 0.6 is 23.2 Å². The molecule has 2 aromatic carbocycles. The molecule has 1 aliphatic rings. The smallest absolute Gasteiger partial charge is 0.290 e. The van der Waals surface area contributed by atoms with Crippen molar-refractivity contribution < 1.29 is 17.7 Å². The summed E-state index contributed by atoms with van der Waals surface area (Å²) in [5.74, 6) is -0.417. The van der Waals surface area contributed by atoms with Crippen molar-refractivity contribution in [2.24, 2.45) is 0 Å². The number of piperazine rings is 1. The van der Waals surface area contributed by atoms with Crippen molar-refractivity contribution in [2.45, 2.75) is 11.4 Å². The summed E-state index contributed by atoms with van der Waals surface area (Å²) in [6, 6.07) is 7.90. The van der Waals surface area contributed by atoms with E-state index in [1.165, 1.54) is 22.5 Å². The predicted molar refractivity (Wildman–Crippen MR) is 104 cm³/mol. The molecule has 0 saturated carbocycles. The Morgan fingerprint density at radius 2 is 1.79 bits per heavy atom. The van der Waals surface area contributed by atoms with E-state index in [0.29, 0.717) is 23.7 Å². The van der Waals surface area contributed by atoms with Crippen molar-refractivity contribution in [1.29, 1.82) is 0 Å². The zero-order chi connectivity index (χ0) is 20.5. The van der Waals surface area contributed by atoms with E-state index in [4.69, 9.17) is 23.2 Å². The van der Waals surface area contributed by atoms with Gasteiger partial charge in [-0.2, -0.15) is 4.31 Å². The lowest BCUT2D eigenvalue weighted by atomic mass is 10.2. The van der Waals surface area contributed by atoms with Crippen LogP contribution in [0.15, 0.2) is 41.3 Å². The van der Waals surface area contributed by atoms with Gasteiger partial charge in [-0.05, 0) is 24.3 Å². The van der Waals surface area contributed by atoms with Gasteiger partial charge in [0.05, 0.1) is 4.92 Å². The number of nitro groups is 1. The molecular weight excluding hydrogens is 432 g/mol. The highest BCUT2D eigenvalue weighted by atomic mass is 35.5. The van der Waals surface area contributed by atoms with Gasteiger partial charge < -0.3 is 0 Å². The number of sulfonamides is 1. The first-order valence-electron chi connectivity index (χ1n) is 8.29. The van der Waals surface area contributed by atoms with Crippen molar-refractivity contribution in [3.63, 3.8) is 0 Å². The molecule has 150 valence electrons. The number of nitro benzene ring substituents is 1. The fourth-order valence-electron chi connectivity index (χ4n) is 3.03. The maximum atomic E-state index is 14.0. The van der Waals surface area contributed by atoms with Gasteiger partial charge in [0.15, 0.2) is 4.90 Å². The summed E-state index contributed by atoms with van der Waals surface area (Å²) in [5, 5.41) is 11.6. The van der Waals surface area contributed by atoms with Crippen molar-refractivity contribution in [2.75, 3.05) is 26.2 Å². The van der Waals surface area contributed by atoms with E-state index in [1.54, 1.807) is 6.07 Å². The highest BCUT2D eigenvalue weighted by Crippen LogP contribution is 2.30. The van der Waals surface area contributed by atoms with E-state index in [9.17, 15) is 22.9 Å². The summed E-state index contributed by atoms with van der Waals surface area (Å²) in [6.45, 7) is 1.17. The van der Waals surface area contributed by atoms with Gasteiger partial charge in [-0.3, -0.25) is 15.0 Å². The van der Waals surface area contributed by atoms with Crippen molar-refractivity contribution in [1.82, 2.24) is 9.21 Å². The first-order chi connectivity index (χ1) is 13.2. The van der Waals surface area contributed by atoms with Crippen LogP contribution < -0.4 is 0 Å². The fraction of sp³-hybridized carbons (Fsp3) is 0.294. The molecule has 0 amide bonds. The largest absolute Gasteiger partial charge is 0.296 e. The third-order valence-corrected chi connectivity index (χ3v) is 7.05. The van der Waals surface area contributed by atoms with E-state index in [2.05, 4.69) is 0 Å². The molecule has 7 nitrogen and oxygen atoms in total. The molecular formula is C17H16Cl2FN3O4S. The Hall–Kier alpha value is -1.78. The third-order valence-electron chi connectivity index (χ3n) is 4.51. The third kappa shape index (κ3) is 4.28. The summed E-state index contributed by atoms with van der Waals surface area (Å²) in [4.78, 5) is 11.9. The summed E-state index contributed by atoms with van der Waals surface area (Å²) in [6.07, 6.45) is 0. The van der Waals surface area contributed by atoms with E-state index < -0.39 is 31.3 Å². The van der Waals surface area contributed by atoms with Gasteiger partial charge in [0, 0.05) is 54.4 Å². The highest BCUT2D eigenvalue weighted by Gasteiger charge is 2.34. The molecule has 0 N–H and O–H groups in total. The number of hydrogen-bond acceptors (Lipinski definition) is 5. The minimum atomic E-state index is -4.06. The second kappa shape index (κ2) is 8.30. The van der Waals surface area contributed by atoms with Crippen LogP contribution in [-0.2, 0) is 16.6 Å². The van der Waals surface area contributed by atoms with Crippen LogP contribution in [0, 0.1) is 15.9 Å². The van der Waals surface area contributed by atoms with Crippen LogP contribution in [0.3, 0.4) is 0 Å². The van der Waals surface area contributed by atoms with Crippen molar-refractivity contribution in [3.05, 3.63) is 67.9 Å². The van der Waals surface area contributed by atoms with Crippen LogP contribution in [0.4, 0.5) is 10.1 Å². The Bertz CT molecular complexity index is 991. The molecule has 1 saturated heterocycles. The zero-order valence-corrected chi connectivity index (χ0v) is 16.8. The minimum Gasteiger partial charge on any atom is -0.296 e.